The highest BCUT2D eigenvalue weighted by Crippen LogP contribution is 2.25. The predicted molar refractivity (Wildman–Crippen MR) is 429 cm³/mol. The summed E-state index contributed by atoms with van der Waals surface area (Å²) >= 11 is 1.68. The molecule has 0 radical (unpaired) electrons. The molecule has 14 nitrogen and oxygen atoms in total. The van der Waals surface area contributed by atoms with Gasteiger partial charge in [0.15, 0.2) is 12.0 Å². The number of rotatable bonds is 0. The van der Waals surface area contributed by atoms with Crippen LogP contribution in [0.3, 0.4) is 0 Å². The van der Waals surface area contributed by atoms with E-state index in [1.165, 1.54) is 75.6 Å². The third kappa shape index (κ3) is 32.0. The molecule has 8 aromatic heterocycles. The molecule has 15 heteroatoms. The highest BCUT2D eigenvalue weighted by molar-refractivity contribution is 7.16. The van der Waals surface area contributed by atoms with Gasteiger partial charge in [0, 0.05) is 66.7 Å². The standard InChI is InChI=1S/C9H7N.C9H8.C8H9N.C8H7N.C7H7NO.C7H5NO.C7H5NS.C6H5N3.C6H4N2O.9C2H6/c1-2-6-9-8(4-1)5-3-7-10-9;1-2-5-9-7-3-6-8(9)4-1;1-3-7-4-2-6-9-8(7)5-1;1-2-4-8-7(3-1)5-6-9-8;1-3-8-5-7-6(1)2-4-9-7;2*1-2-4-7-6(3-1)8-5-9-7;1-2-5-6(7-3-1)4-8-9-5;1-2-9-6-5(1)3-7-4-8-6;9*1-2/h1-7H;1-6H,7H2;2,4,6H,1,3,5H2;1-4,6H,5H2;1,3,5H,2,4H2;2*1-5H;1-3H,4H2;1-4H;9*1-2H3. The van der Waals surface area contributed by atoms with Gasteiger partial charge >= 0.3 is 0 Å². The molecule has 3 aliphatic heterocycles. The Kier molecular flexibility index (Phi) is 51.7. The lowest BCUT2D eigenvalue weighted by Gasteiger charge is -1.93. The summed E-state index contributed by atoms with van der Waals surface area (Å²) in [4.78, 5) is 36.4. The lowest BCUT2D eigenvalue weighted by atomic mass is 10.1. The zero-order valence-corrected chi connectivity index (χ0v) is 63.7. The number of oxazole rings is 1. The Morgan fingerprint density at radius 1 is 0.420 bits per heavy atom. The van der Waals surface area contributed by atoms with Crippen LogP contribution < -0.4 is 4.74 Å². The van der Waals surface area contributed by atoms with Gasteiger partial charge in [-0.15, -0.1) is 11.3 Å². The number of thiazole rings is 1. The number of azo groups is 1. The van der Waals surface area contributed by atoms with Crippen molar-refractivity contribution >= 4 is 78.3 Å². The minimum absolute atomic E-state index is 0.644. The molecule has 2 aliphatic carbocycles. The highest BCUT2D eigenvalue weighted by Gasteiger charge is 2.11. The van der Waals surface area contributed by atoms with E-state index in [1.54, 1.807) is 42.4 Å². The molecule has 5 aliphatic rings. The maximum Gasteiger partial charge on any atom is 0.228 e. The second kappa shape index (κ2) is 58.9. The van der Waals surface area contributed by atoms with E-state index in [0.717, 1.165) is 76.2 Å². The number of hydrogen-bond donors (Lipinski definition) is 0. The predicted octanol–water partition coefficient (Wildman–Crippen LogP) is 25.3. The van der Waals surface area contributed by atoms with Gasteiger partial charge in [0.25, 0.3) is 0 Å². The fourth-order valence-corrected chi connectivity index (χ4v) is 9.47. The number of allylic oxidation sites excluding steroid dienone is 1. The summed E-state index contributed by atoms with van der Waals surface area (Å²) in [6, 6.07) is 56.4. The number of aryl methyl sites for hydroxylation is 2. The summed E-state index contributed by atoms with van der Waals surface area (Å²) in [5, 5.41) is 9.82. The molecule has 0 bridgehead atoms. The van der Waals surface area contributed by atoms with Crippen molar-refractivity contribution in [2.45, 2.75) is 170 Å². The number of para-hydroxylation sites is 5. The van der Waals surface area contributed by atoms with Crippen LogP contribution in [-0.2, 0) is 38.6 Å². The van der Waals surface area contributed by atoms with E-state index in [0.29, 0.717) is 12.3 Å². The van der Waals surface area contributed by atoms with Gasteiger partial charge in [-0.05, 0) is 121 Å². The van der Waals surface area contributed by atoms with Gasteiger partial charge in [0.05, 0.1) is 57.1 Å². The average molecular weight is 1370 g/mol. The quantitative estimate of drug-likeness (QED) is 0.141. The van der Waals surface area contributed by atoms with Crippen molar-refractivity contribution in [2.75, 3.05) is 6.61 Å². The molecule has 0 atom stereocenters. The molecule has 0 fully saturated rings. The third-order valence-electron chi connectivity index (χ3n) is 12.9. The molecule has 5 aromatic carbocycles. The lowest BCUT2D eigenvalue weighted by molar-refractivity contribution is 0.355. The van der Waals surface area contributed by atoms with Crippen LogP contribution in [0.5, 0.6) is 5.75 Å². The van der Waals surface area contributed by atoms with E-state index in [9.17, 15) is 0 Å². The molecule has 11 heterocycles. The van der Waals surface area contributed by atoms with Crippen LogP contribution in [0.15, 0.2) is 262 Å². The van der Waals surface area contributed by atoms with Crippen molar-refractivity contribution in [2.24, 2.45) is 15.2 Å². The fraction of sp³-hybridized carbons (Fsp3) is 0.306. The number of fused-ring (bicyclic) bond motifs is 9. The normalized spacial score (nSPS) is 10.7. The van der Waals surface area contributed by atoms with Crippen molar-refractivity contribution in [3.63, 3.8) is 0 Å². The van der Waals surface area contributed by atoms with Gasteiger partial charge in [0.2, 0.25) is 5.71 Å². The smallest absolute Gasteiger partial charge is 0.228 e. The van der Waals surface area contributed by atoms with Crippen LogP contribution in [0.1, 0.15) is 170 Å². The molecule has 0 N–H and O–H groups in total. The summed E-state index contributed by atoms with van der Waals surface area (Å²) in [7, 11) is 0. The van der Waals surface area contributed by atoms with E-state index in [1.807, 2.05) is 264 Å². The topological polar surface area (TPSA) is 176 Å². The van der Waals surface area contributed by atoms with Crippen molar-refractivity contribution in [1.82, 2.24) is 39.9 Å². The van der Waals surface area contributed by atoms with Gasteiger partial charge in [-0.25, -0.2) is 19.9 Å². The number of furan rings is 1. The molecule has 0 saturated heterocycles. The van der Waals surface area contributed by atoms with Gasteiger partial charge in [-0.2, -0.15) is 10.2 Å². The third-order valence-corrected chi connectivity index (χ3v) is 13.8. The molecule has 0 saturated carbocycles. The summed E-state index contributed by atoms with van der Waals surface area (Å²) in [6.07, 6.45) is 28.5. The largest absolute Gasteiger partial charge is 0.491 e. The molecule has 0 spiro atoms. The molecule has 100 heavy (non-hydrogen) atoms. The number of nitrogens with zero attached hydrogens (tertiary/aromatic N) is 11. The molecule has 18 rings (SSSR count). The zero-order valence-electron chi connectivity index (χ0n) is 62.9. The Morgan fingerprint density at radius 2 is 1.04 bits per heavy atom. The van der Waals surface area contributed by atoms with E-state index in [-0.39, 0.29) is 0 Å². The van der Waals surface area contributed by atoms with E-state index >= 15 is 0 Å². The van der Waals surface area contributed by atoms with Crippen molar-refractivity contribution in [3.8, 4) is 5.75 Å². The minimum atomic E-state index is 0.644. The Balaban J connectivity index is 0.000000547. The Morgan fingerprint density at radius 3 is 1.73 bits per heavy atom. The molecule has 13 aromatic rings. The van der Waals surface area contributed by atoms with Crippen molar-refractivity contribution in [3.05, 3.63) is 277 Å². The summed E-state index contributed by atoms with van der Waals surface area (Å²) in [5.74, 6) is 0.956. The van der Waals surface area contributed by atoms with E-state index in [4.69, 9.17) is 13.6 Å². The number of pyridine rings is 4. The van der Waals surface area contributed by atoms with Crippen molar-refractivity contribution in [1.29, 1.82) is 0 Å². The van der Waals surface area contributed by atoms with E-state index in [2.05, 4.69) is 122 Å². The number of benzene rings is 5. The van der Waals surface area contributed by atoms with Gasteiger partial charge < -0.3 is 13.6 Å². The molecular formula is C85H111N11O3S. The van der Waals surface area contributed by atoms with Crippen LogP contribution in [0.25, 0.3) is 49.4 Å². The molecule has 0 amide bonds. The zero-order chi connectivity index (χ0) is 73.6. The van der Waals surface area contributed by atoms with Crippen LogP contribution in [0.4, 0.5) is 11.4 Å². The van der Waals surface area contributed by atoms with Gasteiger partial charge in [0.1, 0.15) is 29.8 Å². The minimum Gasteiger partial charge on any atom is -0.491 e. The highest BCUT2D eigenvalue weighted by atomic mass is 32.1. The first-order valence-electron chi connectivity index (χ1n) is 35.8. The summed E-state index contributed by atoms with van der Waals surface area (Å²) in [6.45, 7) is 37.5. The summed E-state index contributed by atoms with van der Waals surface area (Å²) in [5.41, 5.74) is 17.7. The summed E-state index contributed by atoms with van der Waals surface area (Å²) < 4.78 is 16.5. The van der Waals surface area contributed by atoms with E-state index < -0.39 is 0 Å². The molecule has 530 valence electrons. The first-order valence-corrected chi connectivity index (χ1v) is 36.7. The number of hydrogen-bond acceptors (Lipinski definition) is 15. The average Bonchev–Trinajstić information content (AvgIpc) is 2.31. The lowest BCUT2D eigenvalue weighted by Crippen LogP contribution is -1.85. The first kappa shape index (κ1) is 87.8. The molecule has 0 unspecified atom stereocenters. The Labute approximate surface area is 602 Å². The second-order valence-electron chi connectivity index (χ2n) is 18.4. The number of aliphatic imine (C=N–C) groups is 1. The maximum atomic E-state index is 5.24. The number of aromatic nitrogens is 8. The van der Waals surface area contributed by atoms with Gasteiger partial charge in [-0.3, -0.25) is 24.9 Å². The first-order chi connectivity index (χ1) is 49.7. The molecular weight excluding hydrogens is 1260 g/mol. The van der Waals surface area contributed by atoms with Gasteiger partial charge in [-0.1, -0.05) is 234 Å². The van der Waals surface area contributed by atoms with Crippen LogP contribution in [0, 0.1) is 0 Å². The SMILES string of the molecule is C1=Cc2ccccc2C1.C1=Nc2ccccc2C1.CC.CC.CC.CC.CC.CC.CC.CC.CC.c1cc2c(cn1)OCC2.c1ccc2ncccc2c1.c1ccc2ocnc2c1.c1ccc2scnc2c1.c1cnc2c(c1)CCC2.c1cnc2c(c1)N=NC2.c1ncc2ccoc2n1. The van der Waals surface area contributed by atoms with Crippen LogP contribution >= 0.6 is 11.3 Å². The number of ether oxygens (including phenoxy) is 1. The fourth-order valence-electron chi connectivity index (χ4n) is 8.79. The Hall–Kier alpha value is -10.2. The maximum absolute atomic E-state index is 5.24. The second-order valence-corrected chi connectivity index (χ2v) is 19.3. The van der Waals surface area contributed by atoms with Crippen molar-refractivity contribution < 1.29 is 13.6 Å². The monoisotopic (exact) mass is 1370 g/mol. The van der Waals surface area contributed by atoms with Crippen LogP contribution in [-0.4, -0.2) is 52.7 Å². The Bertz CT molecular complexity index is 3620. The van der Waals surface area contributed by atoms with Crippen LogP contribution in [0.2, 0.25) is 0 Å².